The maximum absolute atomic E-state index is 9.86. The van der Waals surface area contributed by atoms with E-state index in [0.29, 0.717) is 5.92 Å². The standard InChI is InChI=1S/C12H24N2O/c1-13(2)11-5-7-14(8-6-11)9-12(15)10-3-4-10/h10-12,15H,3-9H2,1-2H3. The molecule has 1 aliphatic heterocycles. The number of hydrogen-bond acceptors (Lipinski definition) is 3. The lowest BCUT2D eigenvalue weighted by Gasteiger charge is -2.36. The van der Waals surface area contributed by atoms with Crippen LogP contribution in [0.25, 0.3) is 0 Å². The molecule has 0 radical (unpaired) electrons. The average molecular weight is 212 g/mol. The summed E-state index contributed by atoms with van der Waals surface area (Å²) in [5, 5.41) is 9.86. The molecule has 3 heteroatoms. The summed E-state index contributed by atoms with van der Waals surface area (Å²) in [6, 6.07) is 0.749. The van der Waals surface area contributed by atoms with Gasteiger partial charge in [0, 0.05) is 12.6 Å². The fourth-order valence-electron chi connectivity index (χ4n) is 2.51. The van der Waals surface area contributed by atoms with Crippen molar-refractivity contribution >= 4 is 0 Å². The van der Waals surface area contributed by atoms with Gasteiger partial charge in [0.05, 0.1) is 6.10 Å². The SMILES string of the molecule is CN(C)C1CCN(CC(O)C2CC2)CC1. The second kappa shape index (κ2) is 4.81. The Kier molecular flexibility index (Phi) is 3.65. The highest BCUT2D eigenvalue weighted by atomic mass is 16.3. The Bertz CT molecular complexity index is 196. The third kappa shape index (κ3) is 3.16. The summed E-state index contributed by atoms with van der Waals surface area (Å²) < 4.78 is 0. The zero-order chi connectivity index (χ0) is 10.8. The van der Waals surface area contributed by atoms with Gasteiger partial charge in [-0.2, -0.15) is 0 Å². The van der Waals surface area contributed by atoms with Crippen molar-refractivity contribution in [2.24, 2.45) is 5.92 Å². The van der Waals surface area contributed by atoms with Crippen LogP contribution in [0.1, 0.15) is 25.7 Å². The Balaban J connectivity index is 1.68. The maximum atomic E-state index is 9.86. The van der Waals surface area contributed by atoms with Gasteiger partial charge in [-0.05, 0) is 58.8 Å². The molecule has 1 N–H and O–H groups in total. The van der Waals surface area contributed by atoms with E-state index in [0.717, 1.165) is 25.7 Å². The zero-order valence-electron chi connectivity index (χ0n) is 10.0. The van der Waals surface area contributed by atoms with E-state index in [4.69, 9.17) is 0 Å². The van der Waals surface area contributed by atoms with Crippen molar-refractivity contribution in [3.8, 4) is 0 Å². The minimum Gasteiger partial charge on any atom is -0.392 e. The molecule has 2 fully saturated rings. The van der Waals surface area contributed by atoms with Crippen LogP contribution in [0.3, 0.4) is 0 Å². The Morgan fingerprint density at radius 2 is 1.80 bits per heavy atom. The first kappa shape index (κ1) is 11.4. The van der Waals surface area contributed by atoms with Gasteiger partial charge in [0.15, 0.2) is 0 Å². The van der Waals surface area contributed by atoms with Crippen molar-refractivity contribution in [3.63, 3.8) is 0 Å². The summed E-state index contributed by atoms with van der Waals surface area (Å²) >= 11 is 0. The minimum absolute atomic E-state index is 0.0547. The lowest BCUT2D eigenvalue weighted by molar-refractivity contribution is 0.0684. The van der Waals surface area contributed by atoms with E-state index in [1.165, 1.54) is 25.7 Å². The molecule has 0 aromatic rings. The van der Waals surface area contributed by atoms with E-state index >= 15 is 0 Å². The van der Waals surface area contributed by atoms with Gasteiger partial charge >= 0.3 is 0 Å². The van der Waals surface area contributed by atoms with Crippen molar-refractivity contribution in [3.05, 3.63) is 0 Å². The van der Waals surface area contributed by atoms with Gasteiger partial charge in [-0.25, -0.2) is 0 Å². The van der Waals surface area contributed by atoms with Gasteiger partial charge < -0.3 is 14.9 Å². The maximum Gasteiger partial charge on any atom is 0.0695 e. The van der Waals surface area contributed by atoms with Gasteiger partial charge in [-0.15, -0.1) is 0 Å². The summed E-state index contributed by atoms with van der Waals surface area (Å²) in [6.07, 6.45) is 4.94. The predicted molar refractivity (Wildman–Crippen MR) is 61.9 cm³/mol. The topological polar surface area (TPSA) is 26.7 Å². The Labute approximate surface area is 93.1 Å². The number of aliphatic hydroxyl groups is 1. The Hall–Kier alpha value is -0.120. The highest BCUT2D eigenvalue weighted by molar-refractivity contribution is 4.85. The summed E-state index contributed by atoms with van der Waals surface area (Å²) in [6.45, 7) is 3.23. The van der Waals surface area contributed by atoms with Gasteiger partial charge in [0.2, 0.25) is 0 Å². The van der Waals surface area contributed by atoms with Crippen LogP contribution < -0.4 is 0 Å². The molecule has 0 spiro atoms. The van der Waals surface area contributed by atoms with E-state index in [-0.39, 0.29) is 6.10 Å². The number of aliphatic hydroxyl groups excluding tert-OH is 1. The Morgan fingerprint density at radius 1 is 1.20 bits per heavy atom. The number of likely N-dealkylation sites (tertiary alicyclic amines) is 1. The molecule has 15 heavy (non-hydrogen) atoms. The summed E-state index contributed by atoms with van der Waals surface area (Å²) in [7, 11) is 4.33. The second-order valence-corrected chi connectivity index (χ2v) is 5.40. The molecular weight excluding hydrogens is 188 g/mol. The van der Waals surface area contributed by atoms with Gasteiger partial charge in [-0.1, -0.05) is 0 Å². The molecular formula is C12H24N2O. The van der Waals surface area contributed by atoms with Crippen LogP contribution in [0.15, 0.2) is 0 Å². The molecule has 2 rings (SSSR count). The predicted octanol–water partition coefficient (Wildman–Crippen LogP) is 0.783. The molecule has 1 heterocycles. The monoisotopic (exact) mass is 212 g/mol. The normalized spacial score (nSPS) is 27.2. The molecule has 0 aromatic heterocycles. The Morgan fingerprint density at radius 3 is 2.27 bits per heavy atom. The van der Waals surface area contributed by atoms with Crippen LogP contribution in [0.2, 0.25) is 0 Å². The number of piperidine rings is 1. The fourth-order valence-corrected chi connectivity index (χ4v) is 2.51. The van der Waals surface area contributed by atoms with Crippen LogP contribution in [-0.2, 0) is 0 Å². The first-order chi connectivity index (χ1) is 7.16. The van der Waals surface area contributed by atoms with Crippen molar-refractivity contribution in [2.75, 3.05) is 33.7 Å². The molecule has 0 amide bonds. The third-order valence-corrected chi connectivity index (χ3v) is 3.90. The smallest absolute Gasteiger partial charge is 0.0695 e. The lowest BCUT2D eigenvalue weighted by Crippen LogP contribution is -2.44. The minimum atomic E-state index is -0.0547. The first-order valence-electron chi connectivity index (χ1n) is 6.23. The highest BCUT2D eigenvalue weighted by Crippen LogP contribution is 2.33. The fraction of sp³-hybridized carbons (Fsp3) is 1.00. The van der Waals surface area contributed by atoms with Crippen molar-refractivity contribution in [2.45, 2.75) is 37.8 Å². The van der Waals surface area contributed by atoms with Crippen LogP contribution in [0.4, 0.5) is 0 Å². The van der Waals surface area contributed by atoms with E-state index in [9.17, 15) is 5.11 Å². The van der Waals surface area contributed by atoms with E-state index in [1.807, 2.05) is 0 Å². The molecule has 3 nitrogen and oxygen atoms in total. The molecule has 1 unspecified atom stereocenters. The molecule has 1 aliphatic carbocycles. The zero-order valence-corrected chi connectivity index (χ0v) is 10.0. The molecule has 2 aliphatic rings. The molecule has 88 valence electrons. The van der Waals surface area contributed by atoms with E-state index in [2.05, 4.69) is 23.9 Å². The number of rotatable bonds is 4. The number of hydrogen-bond donors (Lipinski definition) is 1. The van der Waals surface area contributed by atoms with Crippen molar-refractivity contribution in [1.82, 2.24) is 9.80 Å². The number of nitrogens with zero attached hydrogens (tertiary/aromatic N) is 2. The molecule has 0 aromatic carbocycles. The van der Waals surface area contributed by atoms with Crippen LogP contribution in [-0.4, -0.2) is 60.8 Å². The van der Waals surface area contributed by atoms with Crippen molar-refractivity contribution in [1.29, 1.82) is 0 Å². The second-order valence-electron chi connectivity index (χ2n) is 5.40. The average Bonchev–Trinajstić information content (AvgIpc) is 3.01. The molecule has 0 bridgehead atoms. The van der Waals surface area contributed by atoms with E-state index < -0.39 is 0 Å². The molecule has 1 saturated carbocycles. The van der Waals surface area contributed by atoms with Crippen LogP contribution >= 0.6 is 0 Å². The molecule has 1 atom stereocenters. The largest absolute Gasteiger partial charge is 0.392 e. The van der Waals surface area contributed by atoms with Gasteiger partial charge in [0.1, 0.15) is 0 Å². The van der Waals surface area contributed by atoms with E-state index in [1.54, 1.807) is 0 Å². The van der Waals surface area contributed by atoms with Crippen molar-refractivity contribution < 1.29 is 5.11 Å². The third-order valence-electron chi connectivity index (χ3n) is 3.90. The van der Waals surface area contributed by atoms with Gasteiger partial charge in [-0.3, -0.25) is 0 Å². The summed E-state index contributed by atoms with van der Waals surface area (Å²) in [5.41, 5.74) is 0. The quantitative estimate of drug-likeness (QED) is 0.746. The first-order valence-corrected chi connectivity index (χ1v) is 6.23. The van der Waals surface area contributed by atoms with Gasteiger partial charge in [0.25, 0.3) is 0 Å². The number of β-amino-alcohol motifs (C(OH)–C–C–N with tert-alkyl or cyclic N) is 1. The summed E-state index contributed by atoms with van der Waals surface area (Å²) in [4.78, 5) is 4.76. The highest BCUT2D eigenvalue weighted by Gasteiger charge is 2.31. The molecule has 1 saturated heterocycles. The van der Waals surface area contributed by atoms with Crippen LogP contribution in [0, 0.1) is 5.92 Å². The lowest BCUT2D eigenvalue weighted by atomic mass is 10.0. The summed E-state index contributed by atoms with van der Waals surface area (Å²) in [5.74, 6) is 0.622. The van der Waals surface area contributed by atoms with Crippen LogP contribution in [0.5, 0.6) is 0 Å².